The number of rotatable bonds is 6. The van der Waals surface area contributed by atoms with Gasteiger partial charge in [0.15, 0.2) is 6.20 Å². The Morgan fingerprint density at radius 2 is 1.96 bits per heavy atom. The molecule has 144 valence electrons. The molecule has 1 aromatic carbocycles. The first kappa shape index (κ1) is 20.6. The molecule has 2 aromatic rings. The number of aryl methyl sites for hydroxylation is 2. The third-order valence-electron chi connectivity index (χ3n) is 4.64. The van der Waals surface area contributed by atoms with E-state index in [1.807, 2.05) is 35.7 Å². The first-order valence-corrected chi connectivity index (χ1v) is 11.1. The molecule has 0 radical (unpaired) electrons. The van der Waals surface area contributed by atoms with E-state index in [-0.39, 0.29) is 0 Å². The number of pyridine rings is 1. The fraction of sp³-hybridized carbons (Fsp3) is 0.208. The maximum Gasteiger partial charge on any atom is 0.207 e. The molecule has 0 aliphatic carbocycles. The van der Waals surface area contributed by atoms with Gasteiger partial charge in [-0.1, -0.05) is 61.3 Å². The second-order valence-corrected chi connectivity index (χ2v) is 8.81. The lowest BCUT2D eigenvalue weighted by Gasteiger charge is -2.18. The molecule has 0 bridgehead atoms. The van der Waals surface area contributed by atoms with E-state index in [9.17, 15) is 0 Å². The minimum atomic E-state index is 0.754. The van der Waals surface area contributed by atoms with Crippen molar-refractivity contribution in [3.05, 3.63) is 99.7 Å². The quantitative estimate of drug-likeness (QED) is 0.316. The number of nitrogens with zero attached hydrogens (tertiary/aromatic N) is 2. The Hall–Kier alpha value is -2.17. The van der Waals surface area contributed by atoms with Gasteiger partial charge in [-0.05, 0) is 31.0 Å². The zero-order valence-electron chi connectivity index (χ0n) is 16.8. The van der Waals surface area contributed by atoms with Crippen LogP contribution in [0.2, 0.25) is 0 Å². The normalized spacial score (nSPS) is 17.3. The Balaban J connectivity index is 2.00. The minimum absolute atomic E-state index is 0.754. The summed E-state index contributed by atoms with van der Waals surface area (Å²) in [6.45, 7) is 13.5. The lowest BCUT2D eigenvalue weighted by atomic mass is 10.2. The summed E-state index contributed by atoms with van der Waals surface area (Å²) in [4.78, 5) is 6.19. The Bertz CT molecular complexity index is 957. The monoisotopic (exact) mass is 407 g/mol. The summed E-state index contributed by atoms with van der Waals surface area (Å²) in [5.74, 6) is 0. The molecule has 1 aliphatic rings. The van der Waals surface area contributed by atoms with Gasteiger partial charge in [0.25, 0.3) is 0 Å². The van der Waals surface area contributed by atoms with Gasteiger partial charge in [0.2, 0.25) is 5.69 Å². The number of hydrogen-bond acceptors (Lipinski definition) is 3. The smallest absolute Gasteiger partial charge is 0.207 e. The van der Waals surface area contributed by atoms with Gasteiger partial charge in [0, 0.05) is 45.2 Å². The highest BCUT2D eigenvalue weighted by atomic mass is 32.2. The van der Waals surface area contributed by atoms with Crippen LogP contribution in [0.1, 0.15) is 24.6 Å². The molecule has 0 saturated carbocycles. The van der Waals surface area contributed by atoms with Gasteiger partial charge in [0.05, 0.1) is 5.03 Å². The van der Waals surface area contributed by atoms with Crippen molar-refractivity contribution in [2.24, 2.45) is 7.05 Å². The second-order valence-electron chi connectivity index (χ2n) is 6.64. The fourth-order valence-corrected chi connectivity index (χ4v) is 5.44. The fourth-order valence-electron chi connectivity index (χ4n) is 3.02. The molecular formula is C24H27N2S2+. The molecule has 1 aliphatic heterocycles. The van der Waals surface area contributed by atoms with E-state index in [1.165, 1.54) is 25.3 Å². The summed E-state index contributed by atoms with van der Waals surface area (Å²) in [5, 5.41) is 1.19. The second kappa shape index (κ2) is 9.35. The van der Waals surface area contributed by atoms with E-state index in [2.05, 4.69) is 92.2 Å². The van der Waals surface area contributed by atoms with Gasteiger partial charge in [-0.2, -0.15) is 0 Å². The van der Waals surface area contributed by atoms with Gasteiger partial charge >= 0.3 is 0 Å². The van der Waals surface area contributed by atoms with Crippen molar-refractivity contribution in [3.8, 4) is 0 Å². The highest BCUT2D eigenvalue weighted by Gasteiger charge is 2.29. The van der Waals surface area contributed by atoms with Crippen molar-refractivity contribution in [1.29, 1.82) is 0 Å². The van der Waals surface area contributed by atoms with Gasteiger partial charge in [-0.3, -0.25) is 0 Å². The molecule has 0 spiro atoms. The summed E-state index contributed by atoms with van der Waals surface area (Å²) in [6, 6.07) is 14.8. The van der Waals surface area contributed by atoms with Crippen molar-refractivity contribution >= 4 is 29.6 Å². The van der Waals surface area contributed by atoms with Gasteiger partial charge in [0.1, 0.15) is 7.05 Å². The van der Waals surface area contributed by atoms with Gasteiger partial charge in [-0.25, -0.2) is 4.57 Å². The SMILES string of the molecule is C=CCN1C(=C)/C(=C(/CC)Sc2ccccc2C)S/C1=C\c1cccc[n+]1C. The van der Waals surface area contributed by atoms with Crippen molar-refractivity contribution in [2.75, 3.05) is 6.54 Å². The zero-order chi connectivity index (χ0) is 20.1. The first-order chi connectivity index (χ1) is 13.5. The average molecular weight is 408 g/mol. The average Bonchev–Trinajstić information content (AvgIpc) is 2.99. The number of aromatic nitrogens is 1. The van der Waals surface area contributed by atoms with E-state index < -0.39 is 0 Å². The first-order valence-electron chi connectivity index (χ1n) is 9.43. The Kier molecular flexibility index (Phi) is 6.87. The van der Waals surface area contributed by atoms with Crippen molar-refractivity contribution in [2.45, 2.75) is 25.2 Å². The molecular weight excluding hydrogens is 380 g/mol. The summed E-state index contributed by atoms with van der Waals surface area (Å²) in [7, 11) is 2.07. The lowest BCUT2D eigenvalue weighted by Crippen LogP contribution is -2.31. The highest BCUT2D eigenvalue weighted by Crippen LogP contribution is 2.49. The van der Waals surface area contributed by atoms with Gasteiger partial charge < -0.3 is 4.90 Å². The van der Waals surface area contributed by atoms with Crippen molar-refractivity contribution in [3.63, 3.8) is 0 Å². The Labute approximate surface area is 177 Å². The van der Waals surface area contributed by atoms with Crippen molar-refractivity contribution in [1.82, 2.24) is 4.90 Å². The summed E-state index contributed by atoms with van der Waals surface area (Å²) >= 11 is 3.67. The third-order valence-corrected chi connectivity index (χ3v) is 7.42. The van der Waals surface area contributed by atoms with Crippen LogP contribution in [0.3, 0.4) is 0 Å². The highest BCUT2D eigenvalue weighted by molar-refractivity contribution is 8.09. The molecule has 3 rings (SSSR count). The minimum Gasteiger partial charge on any atom is -0.331 e. The van der Waals surface area contributed by atoms with E-state index in [0.717, 1.165) is 24.4 Å². The maximum absolute atomic E-state index is 4.42. The zero-order valence-corrected chi connectivity index (χ0v) is 18.4. The van der Waals surface area contributed by atoms with Gasteiger partial charge in [-0.15, -0.1) is 6.58 Å². The molecule has 1 fully saturated rings. The molecule has 1 saturated heterocycles. The summed E-state index contributed by atoms with van der Waals surface area (Å²) in [6.07, 6.45) is 7.22. The van der Waals surface area contributed by atoms with E-state index in [0.29, 0.717) is 0 Å². The van der Waals surface area contributed by atoms with Crippen LogP contribution < -0.4 is 4.57 Å². The molecule has 4 heteroatoms. The van der Waals surface area contributed by atoms with Crippen LogP contribution in [-0.4, -0.2) is 11.4 Å². The summed E-state index contributed by atoms with van der Waals surface area (Å²) in [5.41, 5.74) is 3.54. The predicted octanol–water partition coefficient (Wildman–Crippen LogP) is 6.28. The van der Waals surface area contributed by atoms with E-state index in [1.54, 1.807) is 0 Å². The van der Waals surface area contributed by atoms with Crippen LogP contribution in [-0.2, 0) is 7.05 Å². The van der Waals surface area contributed by atoms with Crippen LogP contribution >= 0.6 is 23.5 Å². The van der Waals surface area contributed by atoms with Crippen molar-refractivity contribution < 1.29 is 4.57 Å². The van der Waals surface area contributed by atoms with E-state index >= 15 is 0 Å². The molecule has 0 amide bonds. The topological polar surface area (TPSA) is 7.12 Å². The van der Waals surface area contributed by atoms with Crippen LogP contribution in [0.25, 0.3) is 6.08 Å². The molecule has 2 heterocycles. The standard InChI is InChI=1S/C24H27N2S2/c1-6-15-26-19(4)24(21(7-2)27-22-14-9-8-12-18(22)3)28-23(26)17-20-13-10-11-16-25(20)5/h6,8-14,16-17H,1,4,7,15H2,2-3,5H3/q+1/b24-21+. The number of benzene rings is 1. The van der Waals surface area contributed by atoms with Crippen LogP contribution in [0.5, 0.6) is 0 Å². The van der Waals surface area contributed by atoms with E-state index in [4.69, 9.17) is 0 Å². The molecule has 0 unspecified atom stereocenters. The molecule has 28 heavy (non-hydrogen) atoms. The molecule has 0 atom stereocenters. The third kappa shape index (κ3) is 4.45. The predicted molar refractivity (Wildman–Crippen MR) is 124 cm³/mol. The van der Waals surface area contributed by atoms with Crippen LogP contribution in [0.4, 0.5) is 0 Å². The maximum atomic E-state index is 4.42. The molecule has 2 nitrogen and oxygen atoms in total. The Morgan fingerprint density at radius 1 is 1.21 bits per heavy atom. The van der Waals surface area contributed by atoms with Crippen LogP contribution in [0.15, 0.2) is 93.3 Å². The Morgan fingerprint density at radius 3 is 2.64 bits per heavy atom. The number of hydrogen-bond donors (Lipinski definition) is 0. The molecule has 1 aromatic heterocycles. The largest absolute Gasteiger partial charge is 0.331 e. The van der Waals surface area contributed by atoms with Crippen LogP contribution in [0, 0.1) is 6.92 Å². The number of thioether (sulfide) groups is 2. The lowest BCUT2D eigenvalue weighted by molar-refractivity contribution is -0.673. The molecule has 0 N–H and O–H groups in total. The summed E-state index contributed by atoms with van der Waals surface area (Å²) < 4.78 is 2.13. The number of allylic oxidation sites excluding steroid dienone is 1.